The maximum atomic E-state index is 12.3. The molecule has 0 fully saturated rings. The Morgan fingerprint density at radius 3 is 2.00 bits per heavy atom. The van der Waals surface area contributed by atoms with E-state index < -0.39 is 11.7 Å². The molecule has 1 unspecified atom stereocenters. The molecule has 0 spiro atoms. The predicted molar refractivity (Wildman–Crippen MR) is 71.3 cm³/mol. The number of ether oxygens (including phenoxy) is 1. The lowest BCUT2D eigenvalue weighted by Crippen LogP contribution is -2.26. The second-order valence-corrected chi connectivity index (χ2v) is 4.22. The number of allylic oxidation sites excluding steroid dienone is 1. The van der Waals surface area contributed by atoms with Gasteiger partial charge in [-0.25, -0.2) is 0 Å². The second-order valence-electron chi connectivity index (χ2n) is 4.22. The van der Waals surface area contributed by atoms with Gasteiger partial charge in [0.1, 0.15) is 17.5 Å². The van der Waals surface area contributed by atoms with Crippen molar-refractivity contribution in [3.63, 3.8) is 0 Å². The first kappa shape index (κ1) is 14.8. The Bertz CT molecular complexity index is 526. The summed E-state index contributed by atoms with van der Waals surface area (Å²) < 4.78 is 4.99. The van der Waals surface area contributed by atoms with E-state index in [1.165, 1.54) is 21.0 Å². The van der Waals surface area contributed by atoms with Gasteiger partial charge in [-0.15, -0.1) is 0 Å². The van der Waals surface area contributed by atoms with Crippen LogP contribution < -0.4 is 4.74 Å². The van der Waals surface area contributed by atoms with Crippen LogP contribution in [0.25, 0.3) is 0 Å². The molecule has 0 bridgehead atoms. The fraction of sp³-hybridized carbons (Fsp3) is 0.267. The van der Waals surface area contributed by atoms with Crippen LogP contribution in [0.5, 0.6) is 5.75 Å². The highest BCUT2D eigenvalue weighted by molar-refractivity contribution is 6.17. The molecule has 0 aliphatic rings. The van der Waals surface area contributed by atoms with Crippen LogP contribution in [0, 0.1) is 5.92 Å². The van der Waals surface area contributed by atoms with E-state index >= 15 is 0 Å². The lowest BCUT2D eigenvalue weighted by molar-refractivity contribution is -0.121. The Morgan fingerprint density at radius 1 is 1.11 bits per heavy atom. The van der Waals surface area contributed by atoms with Gasteiger partial charge in [-0.1, -0.05) is 6.58 Å². The number of hydrogen-bond acceptors (Lipinski definition) is 4. The maximum absolute atomic E-state index is 12.3. The summed E-state index contributed by atoms with van der Waals surface area (Å²) in [5.41, 5.74) is 0.372. The molecule has 0 aliphatic heterocycles. The predicted octanol–water partition coefficient (Wildman–Crippen LogP) is 2.23. The summed E-state index contributed by atoms with van der Waals surface area (Å²) >= 11 is 0. The van der Waals surface area contributed by atoms with Crippen LogP contribution in [0.3, 0.4) is 0 Å². The van der Waals surface area contributed by atoms with Gasteiger partial charge in [0.15, 0.2) is 11.6 Å². The third-order valence-corrected chi connectivity index (χ3v) is 2.84. The molecule has 0 saturated carbocycles. The second kappa shape index (κ2) is 6.09. The number of benzene rings is 1. The van der Waals surface area contributed by atoms with E-state index in [0.717, 1.165) is 0 Å². The molecule has 0 aliphatic carbocycles. The number of Topliss-reactive ketones (excluding diaryl/α,β-unsaturated/α-hetero) is 3. The van der Waals surface area contributed by atoms with Crippen molar-refractivity contribution < 1.29 is 19.1 Å². The van der Waals surface area contributed by atoms with Gasteiger partial charge < -0.3 is 4.74 Å². The number of methoxy groups -OCH3 is 1. The van der Waals surface area contributed by atoms with Crippen LogP contribution in [0.15, 0.2) is 36.4 Å². The van der Waals surface area contributed by atoms with Gasteiger partial charge in [0, 0.05) is 11.1 Å². The molecule has 100 valence electrons. The SMILES string of the molecule is C=C(C(C)=O)C(C(C)=O)C(=O)c1ccc(OC)cc1. The zero-order chi connectivity index (χ0) is 14.6. The van der Waals surface area contributed by atoms with E-state index in [9.17, 15) is 14.4 Å². The summed E-state index contributed by atoms with van der Waals surface area (Å²) in [6, 6.07) is 6.37. The molecule has 0 saturated heterocycles. The number of ketones is 3. The molecule has 0 heterocycles. The van der Waals surface area contributed by atoms with Gasteiger partial charge in [0.05, 0.1) is 7.11 Å². The normalized spacial score (nSPS) is 11.5. The third kappa shape index (κ3) is 3.37. The fourth-order valence-electron chi connectivity index (χ4n) is 1.71. The first-order chi connectivity index (χ1) is 8.88. The van der Waals surface area contributed by atoms with Crippen molar-refractivity contribution in [2.75, 3.05) is 7.11 Å². The molecule has 1 atom stereocenters. The molecule has 0 N–H and O–H groups in total. The van der Waals surface area contributed by atoms with Crippen molar-refractivity contribution >= 4 is 17.3 Å². The quantitative estimate of drug-likeness (QED) is 0.447. The molecule has 0 amide bonds. The topological polar surface area (TPSA) is 60.4 Å². The van der Waals surface area contributed by atoms with Gasteiger partial charge >= 0.3 is 0 Å². The molecule has 19 heavy (non-hydrogen) atoms. The monoisotopic (exact) mass is 260 g/mol. The molecule has 1 rings (SSSR count). The molecule has 1 aromatic carbocycles. The average Bonchev–Trinajstić information content (AvgIpc) is 2.38. The van der Waals surface area contributed by atoms with Gasteiger partial charge in [-0.2, -0.15) is 0 Å². The highest BCUT2D eigenvalue weighted by Crippen LogP contribution is 2.20. The minimum Gasteiger partial charge on any atom is -0.497 e. The first-order valence-corrected chi connectivity index (χ1v) is 5.77. The van der Waals surface area contributed by atoms with Crippen LogP contribution in [0.4, 0.5) is 0 Å². The van der Waals surface area contributed by atoms with Crippen molar-refractivity contribution in [3.05, 3.63) is 42.0 Å². The van der Waals surface area contributed by atoms with E-state index in [1.807, 2.05) is 0 Å². The van der Waals surface area contributed by atoms with Crippen molar-refractivity contribution in [2.45, 2.75) is 13.8 Å². The molecule has 0 aromatic heterocycles. The molecule has 4 heteroatoms. The van der Waals surface area contributed by atoms with Crippen LogP contribution in [0.1, 0.15) is 24.2 Å². The number of rotatable bonds is 6. The summed E-state index contributed by atoms with van der Waals surface area (Å²) in [5, 5.41) is 0. The smallest absolute Gasteiger partial charge is 0.177 e. The van der Waals surface area contributed by atoms with E-state index in [1.54, 1.807) is 24.3 Å². The lowest BCUT2D eigenvalue weighted by atomic mass is 9.86. The first-order valence-electron chi connectivity index (χ1n) is 5.77. The maximum Gasteiger partial charge on any atom is 0.177 e. The van der Waals surface area contributed by atoms with E-state index in [-0.39, 0.29) is 17.1 Å². The molecule has 1 aromatic rings. The summed E-state index contributed by atoms with van der Waals surface area (Å²) in [4.78, 5) is 35.1. The van der Waals surface area contributed by atoms with Gasteiger partial charge in [0.2, 0.25) is 0 Å². The van der Waals surface area contributed by atoms with E-state index in [0.29, 0.717) is 11.3 Å². The van der Waals surface area contributed by atoms with Crippen molar-refractivity contribution in [2.24, 2.45) is 5.92 Å². The van der Waals surface area contributed by atoms with Gasteiger partial charge in [-0.05, 0) is 38.1 Å². The Morgan fingerprint density at radius 2 is 1.63 bits per heavy atom. The van der Waals surface area contributed by atoms with Crippen molar-refractivity contribution in [1.82, 2.24) is 0 Å². The van der Waals surface area contributed by atoms with Crippen molar-refractivity contribution in [1.29, 1.82) is 0 Å². The zero-order valence-electron chi connectivity index (χ0n) is 11.2. The highest BCUT2D eigenvalue weighted by atomic mass is 16.5. The van der Waals surface area contributed by atoms with Crippen molar-refractivity contribution in [3.8, 4) is 5.75 Å². The summed E-state index contributed by atoms with van der Waals surface area (Å²) in [6.45, 7) is 6.11. The molecule has 0 radical (unpaired) electrons. The summed E-state index contributed by atoms with van der Waals surface area (Å²) in [5.74, 6) is -1.66. The number of hydrogen-bond donors (Lipinski definition) is 0. The molecular weight excluding hydrogens is 244 g/mol. The fourth-order valence-corrected chi connectivity index (χ4v) is 1.71. The average molecular weight is 260 g/mol. The third-order valence-electron chi connectivity index (χ3n) is 2.84. The van der Waals surface area contributed by atoms with Crippen LogP contribution in [-0.4, -0.2) is 24.5 Å². The summed E-state index contributed by atoms with van der Waals surface area (Å²) in [7, 11) is 1.52. The minimum atomic E-state index is -1.11. The largest absolute Gasteiger partial charge is 0.497 e. The standard InChI is InChI=1S/C15H16O4/c1-9(10(2)16)14(11(3)17)15(18)12-5-7-13(19-4)8-6-12/h5-8,14H,1H2,2-4H3. The van der Waals surface area contributed by atoms with E-state index in [4.69, 9.17) is 4.74 Å². The van der Waals surface area contributed by atoms with Gasteiger partial charge in [0.25, 0.3) is 0 Å². The van der Waals surface area contributed by atoms with Crippen LogP contribution >= 0.6 is 0 Å². The molecular formula is C15H16O4. The van der Waals surface area contributed by atoms with Crippen LogP contribution in [0.2, 0.25) is 0 Å². The Kier molecular flexibility index (Phi) is 4.75. The zero-order valence-corrected chi connectivity index (χ0v) is 11.2. The Balaban J connectivity index is 3.09. The van der Waals surface area contributed by atoms with E-state index in [2.05, 4.69) is 6.58 Å². The number of carbonyl (C=O) groups excluding carboxylic acids is 3. The Hall–Kier alpha value is -2.23. The minimum absolute atomic E-state index is 0.0216. The summed E-state index contributed by atoms with van der Waals surface area (Å²) in [6.07, 6.45) is 0. The Labute approximate surface area is 112 Å². The number of carbonyl (C=O) groups is 3. The highest BCUT2D eigenvalue weighted by Gasteiger charge is 2.29. The molecule has 4 nitrogen and oxygen atoms in total. The van der Waals surface area contributed by atoms with Gasteiger partial charge in [-0.3, -0.25) is 14.4 Å². The lowest BCUT2D eigenvalue weighted by Gasteiger charge is -2.13. The van der Waals surface area contributed by atoms with Crippen LogP contribution in [-0.2, 0) is 9.59 Å².